The molecule has 2 aromatic rings. The Morgan fingerprint density at radius 2 is 2.19 bits per heavy atom. The molecule has 1 aromatic heterocycles. The molecular weight excluding hydrogens is 286 g/mol. The molecule has 0 bridgehead atoms. The summed E-state index contributed by atoms with van der Waals surface area (Å²) in [5, 5.41) is 0.930. The van der Waals surface area contributed by atoms with Crippen LogP contribution in [0.15, 0.2) is 29.4 Å². The number of carbonyl (C=O) groups is 1. The summed E-state index contributed by atoms with van der Waals surface area (Å²) < 4.78 is 4.69. The van der Waals surface area contributed by atoms with Gasteiger partial charge in [0.05, 0.1) is 18.1 Å². The molecule has 0 amide bonds. The maximum absolute atomic E-state index is 11.5. The molecule has 0 aliphatic rings. The van der Waals surface area contributed by atoms with Crippen LogP contribution in [0.1, 0.15) is 26.2 Å². The minimum absolute atomic E-state index is 0.354. The Labute approximate surface area is 128 Å². The van der Waals surface area contributed by atoms with Crippen molar-refractivity contribution >= 4 is 28.8 Å². The Morgan fingerprint density at radius 3 is 2.90 bits per heavy atom. The van der Waals surface area contributed by atoms with Crippen molar-refractivity contribution in [2.75, 3.05) is 12.9 Å². The predicted molar refractivity (Wildman–Crippen MR) is 85.3 cm³/mol. The van der Waals surface area contributed by atoms with Crippen LogP contribution in [-0.2, 0) is 9.53 Å². The topological polar surface area (TPSA) is 81.0 Å². The van der Waals surface area contributed by atoms with Gasteiger partial charge in [-0.25, -0.2) is 4.98 Å². The van der Waals surface area contributed by atoms with Crippen molar-refractivity contribution in [3.05, 3.63) is 24.3 Å². The quantitative estimate of drug-likeness (QED) is 0.467. The molecule has 5 nitrogen and oxygen atoms in total. The van der Waals surface area contributed by atoms with Crippen LogP contribution in [0.2, 0.25) is 0 Å². The number of hydrogen-bond acceptors (Lipinski definition) is 5. The molecule has 0 aliphatic heterocycles. The summed E-state index contributed by atoms with van der Waals surface area (Å²) in [6.45, 7) is 1.71. The van der Waals surface area contributed by atoms with Crippen molar-refractivity contribution in [1.82, 2.24) is 9.97 Å². The molecule has 0 saturated carbocycles. The third kappa shape index (κ3) is 4.22. The summed E-state index contributed by atoms with van der Waals surface area (Å²) in [4.78, 5) is 19.2. The first-order valence-electron chi connectivity index (χ1n) is 6.98. The number of nitrogens with one attached hydrogen (secondary N) is 1. The Morgan fingerprint density at radius 1 is 1.43 bits per heavy atom. The molecule has 0 fully saturated rings. The monoisotopic (exact) mass is 307 g/mol. The van der Waals surface area contributed by atoms with Crippen molar-refractivity contribution < 1.29 is 9.53 Å². The van der Waals surface area contributed by atoms with Crippen molar-refractivity contribution in [3.8, 4) is 0 Å². The number of para-hydroxylation sites is 2. The summed E-state index contributed by atoms with van der Waals surface area (Å²) in [5.41, 5.74) is 7.07. The van der Waals surface area contributed by atoms with Crippen LogP contribution in [-0.4, -0.2) is 34.3 Å². The predicted octanol–water partition coefficient (Wildman–Crippen LogP) is 2.72. The van der Waals surface area contributed by atoms with E-state index in [0.717, 1.165) is 34.8 Å². The Bertz CT molecular complexity index is 577. The number of rotatable bonds is 7. The van der Waals surface area contributed by atoms with Gasteiger partial charge in [0.1, 0.15) is 5.54 Å². The largest absolute Gasteiger partial charge is 0.468 e. The number of H-pyrrole nitrogens is 1. The number of nitrogens with two attached hydrogens (primary N) is 1. The first-order chi connectivity index (χ1) is 10.0. The highest BCUT2D eigenvalue weighted by Gasteiger charge is 2.28. The SMILES string of the molecule is COC(=O)C(C)(N)CCCCSc1nc2ccccc2[nH]1. The maximum atomic E-state index is 11.5. The van der Waals surface area contributed by atoms with E-state index in [2.05, 4.69) is 9.97 Å². The maximum Gasteiger partial charge on any atom is 0.325 e. The zero-order valence-electron chi connectivity index (χ0n) is 12.4. The molecular formula is C15H21N3O2S. The van der Waals surface area contributed by atoms with Crippen molar-refractivity contribution in [2.45, 2.75) is 36.9 Å². The number of hydrogen-bond donors (Lipinski definition) is 2. The fraction of sp³-hybridized carbons (Fsp3) is 0.467. The number of aromatic amines is 1. The highest BCUT2D eigenvalue weighted by atomic mass is 32.2. The molecule has 2 rings (SSSR count). The van der Waals surface area contributed by atoms with Crippen molar-refractivity contribution in [3.63, 3.8) is 0 Å². The second kappa shape index (κ2) is 6.95. The number of ether oxygens (including phenoxy) is 1. The summed E-state index contributed by atoms with van der Waals surface area (Å²) in [5.74, 6) is 0.587. The number of carbonyl (C=O) groups excluding carboxylic acids is 1. The van der Waals surface area contributed by atoms with Crippen LogP contribution in [0.4, 0.5) is 0 Å². The van der Waals surface area contributed by atoms with Gasteiger partial charge in [0.15, 0.2) is 5.16 Å². The third-order valence-electron chi connectivity index (χ3n) is 3.35. The minimum Gasteiger partial charge on any atom is -0.468 e. The van der Waals surface area contributed by atoms with Gasteiger partial charge >= 0.3 is 5.97 Å². The van der Waals surface area contributed by atoms with Gasteiger partial charge in [-0.1, -0.05) is 30.3 Å². The number of esters is 1. The number of benzene rings is 1. The smallest absolute Gasteiger partial charge is 0.325 e. The molecule has 1 unspecified atom stereocenters. The van der Waals surface area contributed by atoms with Gasteiger partial charge in [0.2, 0.25) is 0 Å². The van der Waals surface area contributed by atoms with E-state index in [1.54, 1.807) is 18.7 Å². The van der Waals surface area contributed by atoms with Gasteiger partial charge in [0, 0.05) is 5.75 Å². The minimum atomic E-state index is -0.890. The molecule has 0 spiro atoms. The van der Waals surface area contributed by atoms with E-state index < -0.39 is 5.54 Å². The molecule has 0 saturated heterocycles. The molecule has 3 N–H and O–H groups in total. The average Bonchev–Trinajstić information content (AvgIpc) is 2.88. The van der Waals surface area contributed by atoms with Crippen molar-refractivity contribution in [1.29, 1.82) is 0 Å². The number of imidazole rings is 1. The van der Waals surface area contributed by atoms with Gasteiger partial charge in [-0.3, -0.25) is 4.79 Å². The second-order valence-corrected chi connectivity index (χ2v) is 6.36. The normalized spacial score (nSPS) is 14.0. The van der Waals surface area contributed by atoms with Crippen LogP contribution < -0.4 is 5.73 Å². The van der Waals surface area contributed by atoms with Gasteiger partial charge in [-0.2, -0.15) is 0 Å². The highest BCUT2D eigenvalue weighted by Crippen LogP contribution is 2.21. The number of aromatic nitrogens is 2. The van der Waals surface area contributed by atoms with Gasteiger partial charge in [-0.15, -0.1) is 0 Å². The Balaban J connectivity index is 1.74. The zero-order valence-corrected chi connectivity index (χ0v) is 13.2. The molecule has 1 heterocycles. The average molecular weight is 307 g/mol. The first-order valence-corrected chi connectivity index (χ1v) is 7.96. The summed E-state index contributed by atoms with van der Waals surface area (Å²) >= 11 is 1.69. The fourth-order valence-corrected chi connectivity index (χ4v) is 2.98. The van der Waals surface area contributed by atoms with E-state index >= 15 is 0 Å². The molecule has 0 aliphatic carbocycles. The van der Waals surface area contributed by atoms with E-state index in [4.69, 9.17) is 10.5 Å². The lowest BCUT2D eigenvalue weighted by Crippen LogP contribution is -2.45. The van der Waals surface area contributed by atoms with Crippen LogP contribution in [0, 0.1) is 0 Å². The van der Waals surface area contributed by atoms with Crippen LogP contribution in [0.3, 0.4) is 0 Å². The molecule has 0 radical (unpaired) electrons. The van der Waals surface area contributed by atoms with E-state index in [-0.39, 0.29) is 5.97 Å². The Hall–Kier alpha value is -1.53. The zero-order chi connectivity index (χ0) is 15.3. The third-order valence-corrected chi connectivity index (χ3v) is 4.31. The van der Waals surface area contributed by atoms with Gasteiger partial charge in [0.25, 0.3) is 0 Å². The van der Waals surface area contributed by atoms with E-state index in [0.29, 0.717) is 6.42 Å². The van der Waals surface area contributed by atoms with E-state index in [1.807, 2.05) is 24.3 Å². The van der Waals surface area contributed by atoms with E-state index in [9.17, 15) is 4.79 Å². The second-order valence-electron chi connectivity index (χ2n) is 5.27. The number of nitrogens with zero attached hydrogens (tertiary/aromatic N) is 1. The number of fused-ring (bicyclic) bond motifs is 1. The van der Waals surface area contributed by atoms with Crippen LogP contribution >= 0.6 is 11.8 Å². The lowest BCUT2D eigenvalue weighted by atomic mass is 9.97. The van der Waals surface area contributed by atoms with Gasteiger partial charge in [-0.05, 0) is 31.9 Å². The molecule has 1 aromatic carbocycles. The number of thioether (sulfide) groups is 1. The molecule has 114 valence electrons. The summed E-state index contributed by atoms with van der Waals surface area (Å²) in [6, 6.07) is 7.98. The Kier molecular flexibility index (Phi) is 5.25. The number of methoxy groups -OCH3 is 1. The van der Waals surface area contributed by atoms with E-state index in [1.165, 1.54) is 7.11 Å². The lowest BCUT2D eigenvalue weighted by molar-refractivity contribution is -0.146. The van der Waals surface area contributed by atoms with Gasteiger partial charge < -0.3 is 15.5 Å². The standard InChI is InChI=1S/C15H21N3O2S/c1-15(16,13(19)20-2)9-5-6-10-21-14-17-11-7-3-4-8-12(11)18-14/h3-4,7-8H,5-6,9-10,16H2,1-2H3,(H,17,18). The lowest BCUT2D eigenvalue weighted by Gasteiger charge is -2.20. The number of unbranched alkanes of at least 4 members (excludes halogenated alkanes) is 1. The van der Waals surface area contributed by atoms with Crippen molar-refractivity contribution in [2.24, 2.45) is 5.73 Å². The molecule has 21 heavy (non-hydrogen) atoms. The highest BCUT2D eigenvalue weighted by molar-refractivity contribution is 7.99. The fourth-order valence-electron chi connectivity index (χ4n) is 2.10. The summed E-state index contributed by atoms with van der Waals surface area (Å²) in [7, 11) is 1.37. The molecule has 1 atom stereocenters. The molecule has 6 heteroatoms. The first kappa shape index (κ1) is 15.9. The van der Waals surface area contributed by atoms with Crippen LogP contribution in [0.25, 0.3) is 11.0 Å². The van der Waals surface area contributed by atoms with Crippen LogP contribution in [0.5, 0.6) is 0 Å². The summed E-state index contributed by atoms with van der Waals surface area (Å²) in [6.07, 6.45) is 2.49.